The highest BCUT2D eigenvalue weighted by atomic mass is 32.2. The summed E-state index contributed by atoms with van der Waals surface area (Å²) >= 11 is 0. The summed E-state index contributed by atoms with van der Waals surface area (Å²) in [6.07, 6.45) is 3.14. The van der Waals surface area contributed by atoms with Crippen LogP contribution in [0.15, 0.2) is 35.9 Å². The Bertz CT molecular complexity index is 776. The summed E-state index contributed by atoms with van der Waals surface area (Å²) in [4.78, 5) is 2.36. The van der Waals surface area contributed by atoms with E-state index < -0.39 is 10.2 Å². The molecule has 1 atom stereocenters. The highest BCUT2D eigenvalue weighted by Gasteiger charge is 2.33. The molecule has 28 heavy (non-hydrogen) atoms. The zero-order valence-corrected chi connectivity index (χ0v) is 18.8. The van der Waals surface area contributed by atoms with E-state index in [1.807, 2.05) is 12.1 Å². The van der Waals surface area contributed by atoms with E-state index in [1.54, 1.807) is 18.4 Å². The van der Waals surface area contributed by atoms with Crippen molar-refractivity contribution in [2.24, 2.45) is 0 Å². The minimum absolute atomic E-state index is 0.128. The summed E-state index contributed by atoms with van der Waals surface area (Å²) < 4.78 is 40.9. The summed E-state index contributed by atoms with van der Waals surface area (Å²) in [6, 6.07) is 6.94. The first-order valence-electron chi connectivity index (χ1n) is 9.76. The van der Waals surface area contributed by atoms with Crippen LogP contribution in [0.1, 0.15) is 39.7 Å². The van der Waals surface area contributed by atoms with Gasteiger partial charge in [0.2, 0.25) is 0 Å². The van der Waals surface area contributed by atoms with E-state index in [4.69, 9.17) is 0 Å². The molecule has 1 fully saturated rings. The van der Waals surface area contributed by atoms with E-state index in [-0.39, 0.29) is 17.3 Å². The van der Waals surface area contributed by atoms with Gasteiger partial charge in [-0.2, -0.15) is 17.0 Å². The van der Waals surface area contributed by atoms with Crippen molar-refractivity contribution in [2.75, 3.05) is 40.3 Å². The van der Waals surface area contributed by atoms with Gasteiger partial charge in [0.25, 0.3) is 10.2 Å². The largest absolute Gasteiger partial charge is 0.294 e. The third-order valence-electron chi connectivity index (χ3n) is 5.40. The molecule has 0 amide bonds. The fraction of sp³-hybridized carbons (Fsp3) is 0.619. The first kappa shape index (κ1) is 23.0. The molecular formula is C21H34FN3O2S. The topological polar surface area (TPSA) is 43.9 Å². The van der Waals surface area contributed by atoms with Gasteiger partial charge in [-0.15, -0.1) is 0 Å². The number of nitrogens with zero attached hydrogens (tertiary/aromatic N) is 3. The van der Waals surface area contributed by atoms with Crippen LogP contribution in [0.4, 0.5) is 4.39 Å². The molecule has 1 saturated heterocycles. The van der Waals surface area contributed by atoms with Crippen LogP contribution in [-0.4, -0.2) is 68.2 Å². The van der Waals surface area contributed by atoms with Crippen LogP contribution in [0.25, 0.3) is 0 Å². The average molecular weight is 412 g/mol. The molecule has 0 radical (unpaired) electrons. The number of hydrogen-bond donors (Lipinski definition) is 0. The Kier molecular flexibility index (Phi) is 7.42. The molecule has 0 aromatic heterocycles. The standard InChI is InChI=1S/C21H34FN3O2S/c1-17(2)15-20(16-21(3,4)18-7-9-19(22)10-8-18)24-11-13-25(14-12-24)28(26,27)23(5)6/h7-10,15,20H,11-14,16H2,1-6H3. The summed E-state index contributed by atoms with van der Waals surface area (Å²) in [6.45, 7) is 10.9. The smallest absolute Gasteiger partial charge is 0.281 e. The number of hydrogen-bond acceptors (Lipinski definition) is 3. The quantitative estimate of drug-likeness (QED) is 0.647. The van der Waals surface area contributed by atoms with Gasteiger partial charge in [-0.05, 0) is 43.4 Å². The van der Waals surface area contributed by atoms with Gasteiger partial charge in [0, 0.05) is 46.3 Å². The summed E-state index contributed by atoms with van der Waals surface area (Å²) in [7, 11) is -0.229. The van der Waals surface area contributed by atoms with Gasteiger partial charge < -0.3 is 0 Å². The van der Waals surface area contributed by atoms with Crippen LogP contribution in [0.5, 0.6) is 0 Å². The zero-order chi connectivity index (χ0) is 21.1. The lowest BCUT2D eigenvalue weighted by Gasteiger charge is -2.41. The predicted octanol–water partition coefficient (Wildman–Crippen LogP) is 3.25. The van der Waals surface area contributed by atoms with Crippen LogP contribution in [0, 0.1) is 5.82 Å². The van der Waals surface area contributed by atoms with Gasteiger partial charge in [-0.1, -0.05) is 37.6 Å². The number of piperazine rings is 1. The molecule has 0 aliphatic carbocycles. The van der Waals surface area contributed by atoms with E-state index in [0.29, 0.717) is 26.2 Å². The third-order valence-corrected chi connectivity index (χ3v) is 7.34. The SMILES string of the molecule is CC(C)=CC(CC(C)(C)c1ccc(F)cc1)N1CCN(S(=O)(=O)N(C)C)CC1. The lowest BCUT2D eigenvalue weighted by Crippen LogP contribution is -2.54. The molecule has 1 aliphatic heterocycles. The van der Waals surface area contributed by atoms with E-state index in [0.717, 1.165) is 12.0 Å². The molecule has 5 nitrogen and oxygen atoms in total. The zero-order valence-electron chi connectivity index (χ0n) is 17.9. The van der Waals surface area contributed by atoms with E-state index in [9.17, 15) is 12.8 Å². The van der Waals surface area contributed by atoms with Crippen LogP contribution in [0.2, 0.25) is 0 Å². The third kappa shape index (κ3) is 5.63. The first-order chi connectivity index (χ1) is 12.9. The Hall–Kier alpha value is -1.28. The first-order valence-corrected chi connectivity index (χ1v) is 11.2. The van der Waals surface area contributed by atoms with Gasteiger partial charge in [-0.25, -0.2) is 4.39 Å². The second kappa shape index (κ2) is 9.03. The minimum atomic E-state index is -3.37. The molecule has 1 aromatic rings. The molecule has 1 heterocycles. The van der Waals surface area contributed by atoms with Gasteiger partial charge in [0.1, 0.15) is 5.82 Å². The molecule has 0 spiro atoms. The van der Waals surface area contributed by atoms with Crippen LogP contribution in [0.3, 0.4) is 0 Å². The highest BCUT2D eigenvalue weighted by molar-refractivity contribution is 7.86. The van der Waals surface area contributed by atoms with Crippen molar-refractivity contribution in [1.29, 1.82) is 0 Å². The van der Waals surface area contributed by atoms with Crippen molar-refractivity contribution < 1.29 is 12.8 Å². The maximum Gasteiger partial charge on any atom is 0.281 e. The van der Waals surface area contributed by atoms with Gasteiger partial charge >= 0.3 is 0 Å². The monoisotopic (exact) mass is 411 g/mol. The van der Waals surface area contributed by atoms with Gasteiger partial charge in [0.05, 0.1) is 0 Å². The second-order valence-electron chi connectivity index (χ2n) is 8.63. The molecule has 0 bridgehead atoms. The maximum atomic E-state index is 13.3. The van der Waals surface area contributed by atoms with Crippen molar-refractivity contribution in [3.63, 3.8) is 0 Å². The fourth-order valence-electron chi connectivity index (χ4n) is 3.72. The van der Waals surface area contributed by atoms with E-state index in [2.05, 4.69) is 38.7 Å². The Balaban J connectivity index is 2.15. The summed E-state index contributed by atoms with van der Waals surface area (Å²) in [5.41, 5.74) is 2.22. The van der Waals surface area contributed by atoms with Crippen molar-refractivity contribution in [2.45, 2.75) is 45.6 Å². The molecule has 158 valence electrons. The number of halogens is 1. The Morgan fingerprint density at radius 2 is 1.68 bits per heavy atom. The van der Waals surface area contributed by atoms with E-state index >= 15 is 0 Å². The molecule has 1 aliphatic rings. The number of benzene rings is 1. The Morgan fingerprint density at radius 1 is 1.14 bits per heavy atom. The van der Waals surface area contributed by atoms with Gasteiger partial charge in [0.15, 0.2) is 0 Å². The normalized spacial score (nSPS) is 18.3. The number of rotatable bonds is 7. The fourth-order valence-corrected chi connectivity index (χ4v) is 4.80. The lowest BCUT2D eigenvalue weighted by atomic mass is 9.78. The Morgan fingerprint density at radius 3 is 2.14 bits per heavy atom. The van der Waals surface area contributed by atoms with Crippen LogP contribution < -0.4 is 0 Å². The highest BCUT2D eigenvalue weighted by Crippen LogP contribution is 2.31. The molecule has 7 heteroatoms. The van der Waals surface area contributed by atoms with Crippen molar-refractivity contribution in [3.8, 4) is 0 Å². The second-order valence-corrected chi connectivity index (χ2v) is 10.8. The predicted molar refractivity (Wildman–Crippen MR) is 113 cm³/mol. The van der Waals surface area contributed by atoms with Crippen molar-refractivity contribution in [3.05, 3.63) is 47.3 Å². The molecular weight excluding hydrogens is 377 g/mol. The van der Waals surface area contributed by atoms with Gasteiger partial charge in [-0.3, -0.25) is 4.90 Å². The molecule has 2 rings (SSSR count). The molecule has 1 aromatic carbocycles. The number of allylic oxidation sites excluding steroid dienone is 1. The van der Waals surface area contributed by atoms with Crippen molar-refractivity contribution in [1.82, 2.24) is 13.5 Å². The van der Waals surface area contributed by atoms with Crippen LogP contribution >= 0.6 is 0 Å². The maximum absolute atomic E-state index is 13.3. The van der Waals surface area contributed by atoms with Crippen LogP contribution in [-0.2, 0) is 15.6 Å². The molecule has 0 saturated carbocycles. The molecule has 0 N–H and O–H groups in total. The average Bonchev–Trinajstić information content (AvgIpc) is 2.61. The summed E-state index contributed by atoms with van der Waals surface area (Å²) in [5.74, 6) is -0.223. The lowest BCUT2D eigenvalue weighted by molar-refractivity contribution is 0.138. The summed E-state index contributed by atoms with van der Waals surface area (Å²) in [5, 5.41) is 0. The Labute approximate surface area is 170 Å². The molecule has 1 unspecified atom stereocenters. The van der Waals surface area contributed by atoms with Crippen molar-refractivity contribution >= 4 is 10.2 Å². The van der Waals surface area contributed by atoms with E-state index in [1.165, 1.54) is 22.0 Å². The minimum Gasteiger partial charge on any atom is -0.294 e.